The van der Waals surface area contributed by atoms with Crippen LogP contribution in [-0.4, -0.2) is 4.57 Å². The molecule has 56 valence electrons. The molecule has 0 aliphatic carbocycles. The molecule has 0 radical (unpaired) electrons. The predicted octanol–water partition coefficient (Wildman–Crippen LogP) is 2.88. The van der Waals surface area contributed by atoms with Crippen LogP contribution < -0.4 is 0 Å². The van der Waals surface area contributed by atoms with Crippen LogP contribution >= 0.6 is 11.3 Å². The molecule has 0 N–H and O–H groups in total. The molecule has 0 saturated heterocycles. The van der Waals surface area contributed by atoms with E-state index in [0.29, 0.717) is 0 Å². The van der Waals surface area contributed by atoms with E-state index < -0.39 is 0 Å². The first kappa shape index (κ1) is 6.68. The van der Waals surface area contributed by atoms with E-state index in [-0.39, 0.29) is 0 Å². The molecule has 0 bridgehead atoms. The lowest BCUT2D eigenvalue weighted by Crippen LogP contribution is -1.79. The van der Waals surface area contributed by atoms with Gasteiger partial charge in [0.1, 0.15) is 0 Å². The molecular weight excluding hydrogens is 154 g/mol. The summed E-state index contributed by atoms with van der Waals surface area (Å²) in [5.41, 5.74) is 1.30. The zero-order valence-electron chi connectivity index (χ0n) is 6.37. The molecule has 0 atom stereocenters. The Kier molecular flexibility index (Phi) is 1.36. The van der Waals surface area contributed by atoms with Crippen molar-refractivity contribution in [2.24, 2.45) is 7.05 Å². The summed E-state index contributed by atoms with van der Waals surface area (Å²) in [6.07, 6.45) is 3.97. The maximum atomic E-state index is 3.74. The van der Waals surface area contributed by atoms with E-state index in [1.165, 1.54) is 15.1 Å². The molecule has 0 aromatic carbocycles. The lowest BCUT2D eigenvalue weighted by Gasteiger charge is -1.87. The molecule has 0 aliphatic heterocycles. The van der Waals surface area contributed by atoms with Gasteiger partial charge in [-0.2, -0.15) is 0 Å². The van der Waals surface area contributed by atoms with E-state index in [1.807, 2.05) is 6.08 Å². The Balaban J connectivity index is 2.79. The highest BCUT2D eigenvalue weighted by Crippen LogP contribution is 2.26. The van der Waals surface area contributed by atoms with E-state index in [1.54, 1.807) is 11.3 Å². The Hall–Kier alpha value is -1.02. The third-order valence-electron chi connectivity index (χ3n) is 1.79. The number of aryl methyl sites for hydroxylation is 1. The fourth-order valence-electron chi connectivity index (χ4n) is 1.17. The van der Waals surface area contributed by atoms with E-state index in [0.717, 1.165) is 0 Å². The standard InChI is InChI=1S/C9H9NS/c1-3-7-6-8-9(11-7)4-5-10(8)2/h3-6H,1H2,2H3. The van der Waals surface area contributed by atoms with Gasteiger partial charge in [-0.1, -0.05) is 12.7 Å². The van der Waals surface area contributed by atoms with Gasteiger partial charge in [0.05, 0.1) is 10.2 Å². The molecule has 0 amide bonds. The van der Waals surface area contributed by atoms with E-state index in [2.05, 4.69) is 36.5 Å². The monoisotopic (exact) mass is 163 g/mol. The molecule has 2 rings (SSSR count). The summed E-state index contributed by atoms with van der Waals surface area (Å²) in [6, 6.07) is 4.29. The van der Waals surface area contributed by atoms with Crippen LogP contribution in [0.3, 0.4) is 0 Å². The minimum Gasteiger partial charge on any atom is -0.350 e. The summed E-state index contributed by atoms with van der Waals surface area (Å²) in [5.74, 6) is 0. The van der Waals surface area contributed by atoms with Gasteiger partial charge < -0.3 is 4.57 Å². The van der Waals surface area contributed by atoms with Crippen molar-refractivity contribution in [1.82, 2.24) is 4.57 Å². The Bertz CT molecular complexity index is 395. The first-order valence-corrected chi connectivity index (χ1v) is 4.30. The fourth-order valence-corrected chi connectivity index (χ4v) is 2.11. The fraction of sp³-hybridized carbons (Fsp3) is 0.111. The van der Waals surface area contributed by atoms with Crippen molar-refractivity contribution in [3.05, 3.63) is 29.8 Å². The SMILES string of the molecule is C=Cc1cc2c(ccn2C)s1. The zero-order valence-corrected chi connectivity index (χ0v) is 7.19. The second kappa shape index (κ2) is 2.24. The third-order valence-corrected chi connectivity index (χ3v) is 2.88. The summed E-state index contributed by atoms with van der Waals surface area (Å²) in [5, 5.41) is 0. The van der Waals surface area contributed by atoms with Crippen LogP contribution in [-0.2, 0) is 7.05 Å². The van der Waals surface area contributed by atoms with E-state index in [4.69, 9.17) is 0 Å². The van der Waals surface area contributed by atoms with Crippen molar-refractivity contribution in [3.63, 3.8) is 0 Å². The first-order chi connectivity index (χ1) is 5.31. The van der Waals surface area contributed by atoms with Gasteiger partial charge >= 0.3 is 0 Å². The quantitative estimate of drug-likeness (QED) is 0.609. The topological polar surface area (TPSA) is 4.93 Å². The number of rotatable bonds is 1. The molecule has 0 unspecified atom stereocenters. The van der Waals surface area contributed by atoms with Gasteiger partial charge in [-0.15, -0.1) is 11.3 Å². The highest BCUT2D eigenvalue weighted by atomic mass is 32.1. The molecule has 1 nitrogen and oxygen atoms in total. The summed E-state index contributed by atoms with van der Waals surface area (Å²) in [6.45, 7) is 3.74. The van der Waals surface area contributed by atoms with Gasteiger partial charge in [0, 0.05) is 18.1 Å². The van der Waals surface area contributed by atoms with Crippen LogP contribution in [0, 0.1) is 0 Å². The van der Waals surface area contributed by atoms with Crippen LogP contribution in [0.5, 0.6) is 0 Å². The Morgan fingerprint density at radius 3 is 3.09 bits per heavy atom. The first-order valence-electron chi connectivity index (χ1n) is 3.48. The van der Waals surface area contributed by atoms with Gasteiger partial charge in [-0.25, -0.2) is 0 Å². The van der Waals surface area contributed by atoms with Crippen molar-refractivity contribution in [2.45, 2.75) is 0 Å². The lowest BCUT2D eigenvalue weighted by molar-refractivity contribution is 0.970. The largest absolute Gasteiger partial charge is 0.350 e. The normalized spacial score (nSPS) is 10.6. The molecule has 0 saturated carbocycles. The number of nitrogens with zero attached hydrogens (tertiary/aromatic N) is 1. The maximum Gasteiger partial charge on any atom is 0.0593 e. The number of fused-ring (bicyclic) bond motifs is 1. The molecule has 2 aromatic heterocycles. The van der Waals surface area contributed by atoms with Crippen LogP contribution in [0.2, 0.25) is 0 Å². The van der Waals surface area contributed by atoms with Crippen LogP contribution in [0.4, 0.5) is 0 Å². The van der Waals surface area contributed by atoms with E-state index in [9.17, 15) is 0 Å². The van der Waals surface area contributed by atoms with Crippen LogP contribution in [0.1, 0.15) is 4.88 Å². The van der Waals surface area contributed by atoms with Crippen LogP contribution in [0.25, 0.3) is 16.3 Å². The molecule has 0 fully saturated rings. The Labute approximate surface area is 69.6 Å². The van der Waals surface area contributed by atoms with Gasteiger partial charge in [0.2, 0.25) is 0 Å². The predicted molar refractivity (Wildman–Crippen MR) is 50.9 cm³/mol. The minimum absolute atomic E-state index is 1.24. The smallest absolute Gasteiger partial charge is 0.0593 e. The van der Waals surface area contributed by atoms with Crippen molar-refractivity contribution in [3.8, 4) is 0 Å². The van der Waals surface area contributed by atoms with Crippen LogP contribution in [0.15, 0.2) is 24.9 Å². The third kappa shape index (κ3) is 0.906. The van der Waals surface area contributed by atoms with Gasteiger partial charge in [-0.05, 0) is 12.1 Å². The maximum absolute atomic E-state index is 3.74. The van der Waals surface area contributed by atoms with Gasteiger partial charge in [0.25, 0.3) is 0 Å². The van der Waals surface area contributed by atoms with E-state index >= 15 is 0 Å². The Morgan fingerprint density at radius 2 is 2.45 bits per heavy atom. The summed E-state index contributed by atoms with van der Waals surface area (Å²) < 4.78 is 3.46. The highest BCUT2D eigenvalue weighted by Gasteiger charge is 2.00. The van der Waals surface area contributed by atoms with Crippen molar-refractivity contribution >= 4 is 27.6 Å². The lowest BCUT2D eigenvalue weighted by atomic mass is 10.4. The van der Waals surface area contributed by atoms with Gasteiger partial charge in [-0.3, -0.25) is 0 Å². The second-order valence-corrected chi connectivity index (χ2v) is 3.64. The minimum atomic E-state index is 1.24. The molecule has 0 aliphatic rings. The molecular formula is C9H9NS. The summed E-state index contributed by atoms with van der Waals surface area (Å²) in [7, 11) is 2.06. The van der Waals surface area contributed by atoms with Crippen molar-refractivity contribution < 1.29 is 0 Å². The molecule has 11 heavy (non-hydrogen) atoms. The summed E-state index contributed by atoms with van der Waals surface area (Å²) in [4.78, 5) is 1.24. The van der Waals surface area contributed by atoms with Gasteiger partial charge in [0.15, 0.2) is 0 Å². The van der Waals surface area contributed by atoms with Crippen molar-refractivity contribution in [1.29, 1.82) is 0 Å². The average molecular weight is 163 g/mol. The number of thiophene rings is 1. The Morgan fingerprint density at radius 1 is 1.64 bits per heavy atom. The summed E-state index contributed by atoms with van der Waals surface area (Å²) >= 11 is 1.78. The average Bonchev–Trinajstić information content (AvgIpc) is 2.53. The molecule has 2 heterocycles. The van der Waals surface area contributed by atoms with Crippen molar-refractivity contribution in [2.75, 3.05) is 0 Å². The molecule has 2 heteroatoms. The molecule has 2 aromatic rings. The highest BCUT2D eigenvalue weighted by molar-refractivity contribution is 7.19. The zero-order chi connectivity index (χ0) is 7.84. The second-order valence-electron chi connectivity index (χ2n) is 2.53. The molecule has 0 spiro atoms. The number of aromatic nitrogens is 1. The number of hydrogen-bond acceptors (Lipinski definition) is 1. The number of hydrogen-bond donors (Lipinski definition) is 0.